The van der Waals surface area contributed by atoms with E-state index in [-0.39, 0.29) is 5.91 Å². The van der Waals surface area contributed by atoms with Crippen molar-refractivity contribution in [1.82, 2.24) is 4.90 Å². The molecule has 180 valence electrons. The summed E-state index contributed by atoms with van der Waals surface area (Å²) in [5, 5.41) is 0.958. The van der Waals surface area contributed by atoms with Gasteiger partial charge in [0.05, 0.1) is 26.4 Å². The lowest BCUT2D eigenvalue weighted by Gasteiger charge is -2.40. The van der Waals surface area contributed by atoms with E-state index >= 15 is 0 Å². The number of carbonyl (C=O) groups excluding carboxylic acids is 1. The minimum absolute atomic E-state index is 0.275. The molecule has 1 spiro atoms. The van der Waals surface area contributed by atoms with Crippen molar-refractivity contribution in [2.45, 2.75) is 38.3 Å². The monoisotopic (exact) mass is 520 g/mol. The summed E-state index contributed by atoms with van der Waals surface area (Å²) in [6.07, 6.45) is 3.29. The van der Waals surface area contributed by atoms with Gasteiger partial charge in [0.15, 0.2) is 11.5 Å². The van der Waals surface area contributed by atoms with Gasteiger partial charge in [-0.1, -0.05) is 42.3 Å². The molecule has 9 heteroatoms. The maximum absolute atomic E-state index is 14.0. The molecular formula is C25H26Cl2N2O4S. The number of methoxy groups -OCH3 is 3. The first kappa shape index (κ1) is 24.8. The van der Waals surface area contributed by atoms with Gasteiger partial charge < -0.3 is 14.2 Å². The Kier molecular flexibility index (Phi) is 7.08. The zero-order chi connectivity index (χ0) is 24.6. The molecule has 2 aromatic carbocycles. The van der Waals surface area contributed by atoms with Gasteiger partial charge in [0.1, 0.15) is 16.4 Å². The molecule has 1 heterocycles. The zero-order valence-electron chi connectivity index (χ0n) is 19.5. The number of amides is 1. The lowest BCUT2D eigenvalue weighted by molar-refractivity contribution is 0.0612. The fraction of sp³-hybridized carbons (Fsp3) is 0.400. The van der Waals surface area contributed by atoms with Gasteiger partial charge in [-0.05, 0) is 61.9 Å². The number of carbonyl (C=O) groups is 1. The van der Waals surface area contributed by atoms with E-state index in [4.69, 9.17) is 54.6 Å². The molecule has 2 aromatic rings. The minimum Gasteiger partial charge on any atom is -0.493 e. The maximum Gasteiger partial charge on any atom is 0.261 e. The number of benzene rings is 2. The van der Waals surface area contributed by atoms with Gasteiger partial charge in [-0.15, -0.1) is 0 Å². The Bertz CT molecular complexity index is 1150. The van der Waals surface area contributed by atoms with Gasteiger partial charge in [0.25, 0.3) is 5.91 Å². The van der Waals surface area contributed by atoms with Crippen molar-refractivity contribution >= 4 is 52.0 Å². The van der Waals surface area contributed by atoms with E-state index in [1.165, 1.54) is 21.3 Å². The number of aliphatic imine (C=N–C) groups is 1. The lowest BCUT2D eigenvalue weighted by Crippen LogP contribution is -2.51. The van der Waals surface area contributed by atoms with Crippen LogP contribution in [0.3, 0.4) is 0 Å². The standard InChI is InChI=1S/C25H26Cl2N2O4S/c1-14-7-9-25(10-8-14)28-21(17-6-5-16(26)13-18(17)27)24(34)29(25)23(30)15-11-19(31-2)22(33-4)20(12-15)32-3/h5-6,11-14H,7-10H2,1-4H3. The molecule has 1 aliphatic carbocycles. The van der Waals surface area contributed by atoms with Crippen molar-refractivity contribution in [2.75, 3.05) is 21.3 Å². The average Bonchev–Trinajstić information content (AvgIpc) is 3.10. The summed E-state index contributed by atoms with van der Waals surface area (Å²) >= 11 is 18.5. The summed E-state index contributed by atoms with van der Waals surface area (Å²) in [5.74, 6) is 1.47. The quantitative estimate of drug-likeness (QED) is 0.439. The molecule has 0 N–H and O–H groups in total. The summed E-state index contributed by atoms with van der Waals surface area (Å²) in [7, 11) is 4.55. The van der Waals surface area contributed by atoms with Gasteiger partial charge >= 0.3 is 0 Å². The Hall–Kier alpha value is -2.35. The normalized spacial score (nSPS) is 22.1. The number of nitrogens with zero attached hydrogens (tertiary/aromatic N) is 2. The van der Waals surface area contributed by atoms with Crippen LogP contribution in [0.5, 0.6) is 17.2 Å². The number of hydrogen-bond donors (Lipinski definition) is 0. The van der Waals surface area contributed by atoms with Crippen LogP contribution in [-0.4, -0.2) is 48.5 Å². The van der Waals surface area contributed by atoms with E-state index in [9.17, 15) is 4.79 Å². The fourth-order valence-corrected chi connectivity index (χ4v) is 5.54. The highest BCUT2D eigenvalue weighted by molar-refractivity contribution is 7.82. The highest BCUT2D eigenvalue weighted by Crippen LogP contribution is 2.45. The second kappa shape index (κ2) is 9.72. The first-order valence-electron chi connectivity index (χ1n) is 11.0. The van der Waals surface area contributed by atoms with E-state index in [1.807, 2.05) is 0 Å². The minimum atomic E-state index is -0.765. The summed E-state index contributed by atoms with van der Waals surface area (Å²) in [4.78, 5) is 21.1. The average molecular weight is 521 g/mol. The van der Waals surface area contributed by atoms with Gasteiger partial charge in [0, 0.05) is 16.1 Å². The molecule has 2 aliphatic rings. The van der Waals surface area contributed by atoms with Crippen LogP contribution in [0.1, 0.15) is 48.5 Å². The molecule has 0 atom stereocenters. The molecule has 0 saturated heterocycles. The number of rotatable bonds is 5. The number of halogens is 2. The Morgan fingerprint density at radius 3 is 2.21 bits per heavy atom. The van der Waals surface area contributed by atoms with Crippen molar-refractivity contribution in [3.05, 3.63) is 51.5 Å². The van der Waals surface area contributed by atoms with Crippen LogP contribution in [-0.2, 0) is 0 Å². The van der Waals surface area contributed by atoms with Crippen LogP contribution in [0.4, 0.5) is 0 Å². The maximum atomic E-state index is 14.0. The third kappa shape index (κ3) is 4.25. The van der Waals surface area contributed by atoms with Crippen LogP contribution in [0, 0.1) is 5.92 Å². The molecule has 0 aromatic heterocycles. The molecule has 1 amide bonds. The van der Waals surface area contributed by atoms with Crippen molar-refractivity contribution in [2.24, 2.45) is 10.9 Å². The fourth-order valence-electron chi connectivity index (χ4n) is 4.63. The summed E-state index contributed by atoms with van der Waals surface area (Å²) in [5.41, 5.74) is 0.800. The van der Waals surface area contributed by atoms with E-state index in [2.05, 4.69) is 6.92 Å². The third-order valence-electron chi connectivity index (χ3n) is 6.52. The largest absolute Gasteiger partial charge is 0.493 e. The second-order valence-corrected chi connectivity index (χ2v) is 9.84. The van der Waals surface area contributed by atoms with Crippen molar-refractivity contribution in [3.8, 4) is 17.2 Å². The van der Waals surface area contributed by atoms with Crippen molar-refractivity contribution in [3.63, 3.8) is 0 Å². The van der Waals surface area contributed by atoms with E-state index in [0.29, 0.717) is 67.9 Å². The summed E-state index contributed by atoms with van der Waals surface area (Å²) in [6, 6.07) is 8.47. The van der Waals surface area contributed by atoms with E-state index < -0.39 is 5.66 Å². The van der Waals surface area contributed by atoms with Crippen LogP contribution in [0.2, 0.25) is 10.0 Å². The number of hydrogen-bond acceptors (Lipinski definition) is 6. The summed E-state index contributed by atoms with van der Waals surface area (Å²) in [6.45, 7) is 2.21. The van der Waals surface area contributed by atoms with Gasteiger partial charge in [0.2, 0.25) is 5.75 Å². The number of thiocarbonyl (C=S) groups is 1. The van der Waals surface area contributed by atoms with E-state index in [0.717, 1.165) is 12.8 Å². The molecular weight excluding hydrogens is 495 g/mol. The lowest BCUT2D eigenvalue weighted by atomic mass is 9.82. The Morgan fingerprint density at radius 1 is 1.06 bits per heavy atom. The van der Waals surface area contributed by atoms with Crippen LogP contribution in [0.15, 0.2) is 35.3 Å². The number of ether oxygens (including phenoxy) is 3. The molecule has 1 aliphatic heterocycles. The van der Waals surface area contributed by atoms with Gasteiger partial charge in [-0.2, -0.15) is 0 Å². The first-order valence-corrected chi connectivity index (χ1v) is 12.1. The predicted molar refractivity (Wildman–Crippen MR) is 138 cm³/mol. The Balaban J connectivity index is 1.82. The second-order valence-electron chi connectivity index (χ2n) is 8.61. The SMILES string of the molecule is COc1cc(C(=O)N2C(=S)C(c3ccc(Cl)cc3Cl)=NC23CCC(C)CC3)cc(OC)c1OC. The third-order valence-corrected chi connectivity index (χ3v) is 7.44. The molecule has 1 fully saturated rings. The molecule has 4 rings (SSSR count). The molecule has 0 radical (unpaired) electrons. The van der Waals surface area contributed by atoms with Gasteiger partial charge in [-0.3, -0.25) is 14.7 Å². The predicted octanol–water partition coefficient (Wildman–Crippen LogP) is 6.20. The van der Waals surface area contributed by atoms with Crippen molar-refractivity contribution < 1.29 is 19.0 Å². The van der Waals surface area contributed by atoms with Gasteiger partial charge in [-0.25, -0.2) is 0 Å². The molecule has 6 nitrogen and oxygen atoms in total. The summed E-state index contributed by atoms with van der Waals surface area (Å²) < 4.78 is 16.3. The van der Waals surface area contributed by atoms with Crippen molar-refractivity contribution in [1.29, 1.82) is 0 Å². The zero-order valence-corrected chi connectivity index (χ0v) is 21.8. The Morgan fingerprint density at radius 2 is 1.68 bits per heavy atom. The first-order chi connectivity index (χ1) is 16.2. The molecule has 34 heavy (non-hydrogen) atoms. The molecule has 1 saturated carbocycles. The molecule has 0 unspecified atom stereocenters. The molecule has 0 bridgehead atoms. The highest BCUT2D eigenvalue weighted by atomic mass is 35.5. The smallest absolute Gasteiger partial charge is 0.261 e. The Labute approximate surface area is 214 Å². The highest BCUT2D eigenvalue weighted by Gasteiger charge is 2.50. The van der Waals surface area contributed by atoms with Crippen LogP contribution in [0.25, 0.3) is 0 Å². The van der Waals surface area contributed by atoms with Crippen LogP contribution < -0.4 is 14.2 Å². The van der Waals surface area contributed by atoms with E-state index in [1.54, 1.807) is 35.2 Å². The topological polar surface area (TPSA) is 60.4 Å². The van der Waals surface area contributed by atoms with Crippen LogP contribution >= 0.6 is 35.4 Å².